The number of aryl methyl sites for hydroxylation is 1. The van der Waals surface area contributed by atoms with E-state index >= 15 is 0 Å². The predicted octanol–water partition coefficient (Wildman–Crippen LogP) is 5.41. The average Bonchev–Trinajstić information content (AvgIpc) is 2.87. The molecule has 0 aliphatic rings. The molecule has 4 aromatic rings. The summed E-state index contributed by atoms with van der Waals surface area (Å²) >= 11 is 0. The lowest BCUT2D eigenvalue weighted by Gasteiger charge is -2.12. The Morgan fingerprint density at radius 2 is 1.61 bits per heavy atom. The Bertz CT molecular complexity index is 1220. The SMILES string of the molecule is COc1cc2nccc(Oc3ccc(C(=O)NCCCc4ccccc4)cc3)c2cc1OC. The molecule has 0 spiro atoms. The van der Waals surface area contributed by atoms with Crippen LogP contribution < -0.4 is 19.5 Å². The predicted molar refractivity (Wildman–Crippen MR) is 128 cm³/mol. The highest BCUT2D eigenvalue weighted by molar-refractivity contribution is 5.94. The molecule has 0 unspecified atom stereocenters. The first-order valence-electron chi connectivity index (χ1n) is 10.8. The smallest absolute Gasteiger partial charge is 0.251 e. The number of rotatable bonds is 9. The summed E-state index contributed by atoms with van der Waals surface area (Å²) in [5.74, 6) is 2.37. The number of carbonyl (C=O) groups is 1. The van der Waals surface area contributed by atoms with E-state index in [1.807, 2.05) is 30.3 Å². The molecular formula is C27H26N2O4. The van der Waals surface area contributed by atoms with Crippen molar-refractivity contribution < 1.29 is 19.0 Å². The van der Waals surface area contributed by atoms with Crippen molar-refractivity contribution in [3.63, 3.8) is 0 Å². The quantitative estimate of drug-likeness (QED) is 0.351. The van der Waals surface area contributed by atoms with E-state index in [0.29, 0.717) is 35.1 Å². The van der Waals surface area contributed by atoms with Gasteiger partial charge in [-0.15, -0.1) is 0 Å². The first-order valence-corrected chi connectivity index (χ1v) is 10.8. The summed E-state index contributed by atoms with van der Waals surface area (Å²) < 4.78 is 16.8. The van der Waals surface area contributed by atoms with Gasteiger partial charge in [0.2, 0.25) is 0 Å². The number of fused-ring (bicyclic) bond motifs is 1. The van der Waals surface area contributed by atoms with E-state index in [4.69, 9.17) is 14.2 Å². The number of nitrogens with one attached hydrogen (secondary N) is 1. The number of hydrogen-bond donors (Lipinski definition) is 1. The molecule has 168 valence electrons. The van der Waals surface area contributed by atoms with Crippen LogP contribution in [-0.4, -0.2) is 31.7 Å². The zero-order valence-electron chi connectivity index (χ0n) is 18.7. The molecule has 1 aromatic heterocycles. The standard InChI is InChI=1S/C27H26N2O4/c1-31-25-17-22-23(18-26(25)32-2)28-16-14-24(22)33-21-12-10-20(11-13-21)27(30)29-15-6-9-19-7-4-3-5-8-19/h3-5,7-8,10-14,16-18H,6,9,15H2,1-2H3,(H,29,30). The third-order valence-corrected chi connectivity index (χ3v) is 5.32. The van der Waals surface area contributed by atoms with Crippen LogP contribution in [0.2, 0.25) is 0 Å². The van der Waals surface area contributed by atoms with Gasteiger partial charge in [-0.05, 0) is 54.8 Å². The summed E-state index contributed by atoms with van der Waals surface area (Å²) in [5, 5.41) is 3.77. The Kier molecular flexibility index (Phi) is 7.05. The van der Waals surface area contributed by atoms with Crippen molar-refractivity contribution in [1.29, 1.82) is 0 Å². The van der Waals surface area contributed by atoms with Crippen LogP contribution in [0.5, 0.6) is 23.0 Å². The fraction of sp³-hybridized carbons (Fsp3) is 0.185. The number of amides is 1. The van der Waals surface area contributed by atoms with Gasteiger partial charge in [0.25, 0.3) is 5.91 Å². The molecule has 1 heterocycles. The third-order valence-electron chi connectivity index (χ3n) is 5.32. The lowest BCUT2D eigenvalue weighted by molar-refractivity contribution is 0.0953. The van der Waals surface area contributed by atoms with E-state index in [1.165, 1.54) is 5.56 Å². The van der Waals surface area contributed by atoms with Gasteiger partial charge in [-0.25, -0.2) is 0 Å². The summed E-state index contributed by atoms with van der Waals surface area (Å²) in [4.78, 5) is 16.8. The van der Waals surface area contributed by atoms with Crippen molar-refractivity contribution in [2.75, 3.05) is 20.8 Å². The van der Waals surface area contributed by atoms with Gasteiger partial charge in [0.1, 0.15) is 11.5 Å². The number of benzene rings is 3. The summed E-state index contributed by atoms with van der Waals surface area (Å²) in [7, 11) is 3.18. The lowest BCUT2D eigenvalue weighted by Crippen LogP contribution is -2.24. The molecule has 0 radical (unpaired) electrons. The highest BCUT2D eigenvalue weighted by Crippen LogP contribution is 2.36. The van der Waals surface area contributed by atoms with Crippen molar-refractivity contribution in [1.82, 2.24) is 10.3 Å². The van der Waals surface area contributed by atoms with Crippen LogP contribution in [0.15, 0.2) is 79.0 Å². The molecule has 0 bridgehead atoms. The molecule has 0 saturated carbocycles. The minimum absolute atomic E-state index is 0.0965. The molecular weight excluding hydrogens is 416 g/mol. The summed E-state index contributed by atoms with van der Waals surface area (Å²) in [5.41, 5.74) is 2.60. The van der Waals surface area contributed by atoms with Crippen LogP contribution in [0.3, 0.4) is 0 Å². The van der Waals surface area contributed by atoms with E-state index in [-0.39, 0.29) is 5.91 Å². The first kappa shape index (κ1) is 22.1. The van der Waals surface area contributed by atoms with Crippen LogP contribution in [0.1, 0.15) is 22.3 Å². The van der Waals surface area contributed by atoms with Gasteiger partial charge in [-0.1, -0.05) is 30.3 Å². The van der Waals surface area contributed by atoms with Gasteiger partial charge >= 0.3 is 0 Å². The number of carbonyl (C=O) groups excluding carboxylic acids is 1. The minimum Gasteiger partial charge on any atom is -0.493 e. The van der Waals surface area contributed by atoms with Gasteiger partial charge in [-0.2, -0.15) is 0 Å². The molecule has 3 aromatic carbocycles. The number of nitrogens with zero attached hydrogens (tertiary/aromatic N) is 1. The molecule has 0 fully saturated rings. The molecule has 6 nitrogen and oxygen atoms in total. The Balaban J connectivity index is 1.39. The largest absolute Gasteiger partial charge is 0.493 e. The van der Waals surface area contributed by atoms with Gasteiger partial charge in [0.15, 0.2) is 11.5 Å². The molecule has 6 heteroatoms. The van der Waals surface area contributed by atoms with E-state index < -0.39 is 0 Å². The van der Waals surface area contributed by atoms with E-state index in [1.54, 1.807) is 50.7 Å². The molecule has 0 saturated heterocycles. The van der Waals surface area contributed by atoms with E-state index in [9.17, 15) is 4.79 Å². The summed E-state index contributed by atoms with van der Waals surface area (Å²) in [6, 6.07) is 22.8. The van der Waals surface area contributed by atoms with Gasteiger partial charge in [0, 0.05) is 29.8 Å². The topological polar surface area (TPSA) is 69.7 Å². The zero-order valence-corrected chi connectivity index (χ0v) is 18.7. The molecule has 0 atom stereocenters. The van der Waals surface area contributed by atoms with Gasteiger partial charge in [-0.3, -0.25) is 9.78 Å². The molecule has 4 rings (SSSR count). The number of ether oxygens (including phenoxy) is 3. The zero-order chi connectivity index (χ0) is 23.0. The fourth-order valence-corrected chi connectivity index (χ4v) is 3.58. The average molecular weight is 443 g/mol. The van der Waals surface area contributed by atoms with Crippen LogP contribution in [0.4, 0.5) is 0 Å². The maximum atomic E-state index is 12.4. The highest BCUT2D eigenvalue weighted by atomic mass is 16.5. The van der Waals surface area contributed by atoms with Crippen LogP contribution in [0, 0.1) is 0 Å². The molecule has 33 heavy (non-hydrogen) atoms. The molecule has 0 aliphatic carbocycles. The van der Waals surface area contributed by atoms with Crippen molar-refractivity contribution in [2.24, 2.45) is 0 Å². The van der Waals surface area contributed by atoms with E-state index in [0.717, 1.165) is 23.7 Å². The third kappa shape index (κ3) is 5.41. The summed E-state index contributed by atoms with van der Waals surface area (Å²) in [6.45, 7) is 0.625. The molecule has 0 aliphatic heterocycles. The van der Waals surface area contributed by atoms with Crippen LogP contribution in [-0.2, 0) is 6.42 Å². The maximum Gasteiger partial charge on any atom is 0.251 e. The second-order valence-corrected chi connectivity index (χ2v) is 7.50. The fourth-order valence-electron chi connectivity index (χ4n) is 3.58. The van der Waals surface area contributed by atoms with Crippen molar-refractivity contribution >= 4 is 16.8 Å². The maximum absolute atomic E-state index is 12.4. The Labute approximate surface area is 193 Å². The second kappa shape index (κ2) is 10.5. The van der Waals surface area contributed by atoms with Crippen LogP contribution >= 0.6 is 0 Å². The Morgan fingerprint density at radius 3 is 2.33 bits per heavy atom. The molecule has 1 N–H and O–H groups in total. The molecule has 1 amide bonds. The number of hydrogen-bond acceptors (Lipinski definition) is 5. The highest BCUT2D eigenvalue weighted by Gasteiger charge is 2.12. The number of aromatic nitrogens is 1. The van der Waals surface area contributed by atoms with Crippen molar-refractivity contribution in [3.8, 4) is 23.0 Å². The summed E-state index contributed by atoms with van der Waals surface area (Å²) in [6.07, 6.45) is 3.51. The minimum atomic E-state index is -0.0965. The lowest BCUT2D eigenvalue weighted by atomic mass is 10.1. The Morgan fingerprint density at radius 1 is 0.879 bits per heavy atom. The normalized spacial score (nSPS) is 10.6. The van der Waals surface area contributed by atoms with Crippen LogP contribution in [0.25, 0.3) is 10.9 Å². The van der Waals surface area contributed by atoms with Crippen molar-refractivity contribution in [3.05, 3.63) is 90.1 Å². The second-order valence-electron chi connectivity index (χ2n) is 7.50. The van der Waals surface area contributed by atoms with Crippen molar-refractivity contribution in [2.45, 2.75) is 12.8 Å². The monoisotopic (exact) mass is 442 g/mol. The first-order chi connectivity index (χ1) is 16.2. The number of pyridine rings is 1. The van der Waals surface area contributed by atoms with Gasteiger partial charge < -0.3 is 19.5 Å². The number of methoxy groups -OCH3 is 2. The Hall–Kier alpha value is -4.06. The van der Waals surface area contributed by atoms with Gasteiger partial charge in [0.05, 0.1) is 19.7 Å². The van der Waals surface area contributed by atoms with E-state index in [2.05, 4.69) is 22.4 Å².